The first-order valence-corrected chi connectivity index (χ1v) is 7.26. The van der Waals surface area contributed by atoms with Crippen LogP contribution in [-0.2, 0) is 4.74 Å². The summed E-state index contributed by atoms with van der Waals surface area (Å²) in [4.78, 5) is 12.4. The molecular formula is C15H23N3O4. The summed E-state index contributed by atoms with van der Waals surface area (Å²) in [5.74, 6) is 0. The van der Waals surface area contributed by atoms with Gasteiger partial charge in [-0.05, 0) is 20.8 Å². The second kappa shape index (κ2) is 6.21. The summed E-state index contributed by atoms with van der Waals surface area (Å²) in [5.41, 5.74) is 3.23. The van der Waals surface area contributed by atoms with Crippen LogP contribution in [0.5, 0.6) is 0 Å². The van der Waals surface area contributed by atoms with Crippen LogP contribution in [0.15, 0.2) is 24.3 Å². The monoisotopic (exact) mass is 309 g/mol. The molecule has 7 heteroatoms. The molecule has 1 aliphatic heterocycles. The molecule has 0 aliphatic carbocycles. The third-order valence-electron chi connectivity index (χ3n) is 3.16. The molecule has 7 nitrogen and oxygen atoms in total. The van der Waals surface area contributed by atoms with Gasteiger partial charge in [-0.25, -0.2) is 10.2 Å². The van der Waals surface area contributed by atoms with E-state index < -0.39 is 24.2 Å². The molecule has 0 bridgehead atoms. The number of hydrogen-bond donors (Lipinski definition) is 3. The Kier molecular flexibility index (Phi) is 4.72. The van der Waals surface area contributed by atoms with Crippen molar-refractivity contribution in [2.45, 2.75) is 45.8 Å². The summed E-state index contributed by atoms with van der Waals surface area (Å²) in [6.07, 6.45) is -2.98. The minimum Gasteiger partial charge on any atom is -0.442 e. The minimum absolute atomic E-state index is 0.422. The number of aliphatic hydroxyl groups is 2. The van der Waals surface area contributed by atoms with Gasteiger partial charge in [-0.1, -0.05) is 31.2 Å². The maximum atomic E-state index is 12.4. The zero-order valence-corrected chi connectivity index (χ0v) is 13.3. The van der Waals surface area contributed by atoms with Gasteiger partial charge in [0.25, 0.3) is 0 Å². The molecule has 0 aromatic heterocycles. The number of hydrazine groups is 2. The number of carbonyl (C=O) groups excluding carboxylic acids is 1. The highest BCUT2D eigenvalue weighted by Gasteiger charge is 2.43. The van der Waals surface area contributed by atoms with Gasteiger partial charge < -0.3 is 14.9 Å². The van der Waals surface area contributed by atoms with E-state index >= 15 is 0 Å². The van der Waals surface area contributed by atoms with Crippen LogP contribution in [0, 0.1) is 0 Å². The molecule has 1 aliphatic rings. The molecule has 2 rings (SSSR count). The fraction of sp³-hybridized carbons (Fsp3) is 0.533. The third-order valence-corrected chi connectivity index (χ3v) is 3.16. The van der Waals surface area contributed by atoms with Crippen LogP contribution in [0.4, 0.5) is 4.79 Å². The van der Waals surface area contributed by atoms with E-state index in [1.807, 2.05) is 0 Å². The van der Waals surface area contributed by atoms with E-state index in [0.717, 1.165) is 10.1 Å². The van der Waals surface area contributed by atoms with E-state index in [9.17, 15) is 15.0 Å². The molecule has 0 fully saturated rings. The van der Waals surface area contributed by atoms with E-state index in [1.165, 1.54) is 0 Å². The van der Waals surface area contributed by atoms with Gasteiger partial charge in [0, 0.05) is 17.7 Å². The van der Waals surface area contributed by atoms with Gasteiger partial charge in [0.05, 0.1) is 0 Å². The zero-order valence-electron chi connectivity index (χ0n) is 13.3. The summed E-state index contributed by atoms with van der Waals surface area (Å²) < 4.78 is 5.32. The Morgan fingerprint density at radius 2 is 1.77 bits per heavy atom. The maximum absolute atomic E-state index is 12.4. The lowest BCUT2D eigenvalue weighted by Crippen LogP contribution is -2.55. The Morgan fingerprint density at radius 3 is 2.18 bits per heavy atom. The quantitative estimate of drug-likeness (QED) is 0.736. The van der Waals surface area contributed by atoms with Gasteiger partial charge in [-0.15, -0.1) is 5.01 Å². The number of rotatable bonds is 3. The van der Waals surface area contributed by atoms with Crippen molar-refractivity contribution in [2.24, 2.45) is 0 Å². The summed E-state index contributed by atoms with van der Waals surface area (Å²) in [6.45, 7) is 7.48. The number of nitrogens with zero attached hydrogens (tertiary/aromatic N) is 2. The number of ether oxygens (including phenoxy) is 1. The molecule has 0 spiro atoms. The van der Waals surface area contributed by atoms with Crippen molar-refractivity contribution in [3.05, 3.63) is 35.4 Å². The molecule has 0 saturated carbocycles. The fourth-order valence-electron chi connectivity index (χ4n) is 2.31. The topological polar surface area (TPSA) is 85.3 Å². The van der Waals surface area contributed by atoms with E-state index in [4.69, 9.17) is 4.74 Å². The summed E-state index contributed by atoms with van der Waals surface area (Å²) >= 11 is 0. The average molecular weight is 309 g/mol. The number of carbonyl (C=O) groups is 1. The summed E-state index contributed by atoms with van der Waals surface area (Å²) in [6, 6.07) is 6.96. The van der Waals surface area contributed by atoms with Crippen molar-refractivity contribution in [3.8, 4) is 0 Å². The van der Waals surface area contributed by atoms with Crippen LogP contribution in [0.25, 0.3) is 0 Å². The Morgan fingerprint density at radius 1 is 1.27 bits per heavy atom. The number of fused-ring (bicyclic) bond motifs is 1. The number of benzene rings is 1. The molecular weight excluding hydrogens is 286 g/mol. The van der Waals surface area contributed by atoms with Gasteiger partial charge in [0.2, 0.25) is 0 Å². The third kappa shape index (κ3) is 3.22. The Hall–Kier alpha value is -1.67. The predicted molar refractivity (Wildman–Crippen MR) is 80.0 cm³/mol. The molecule has 0 saturated heterocycles. The molecule has 2 unspecified atom stereocenters. The normalized spacial score (nSPS) is 21.5. The second-order valence-electron chi connectivity index (χ2n) is 6.06. The first-order valence-electron chi connectivity index (χ1n) is 7.26. The molecule has 22 heavy (non-hydrogen) atoms. The largest absolute Gasteiger partial charge is 0.442 e. The lowest BCUT2D eigenvalue weighted by atomic mass is 10.1. The molecule has 1 amide bonds. The molecule has 0 radical (unpaired) electrons. The van der Waals surface area contributed by atoms with Crippen LogP contribution in [0.1, 0.15) is 51.3 Å². The predicted octanol–water partition coefficient (Wildman–Crippen LogP) is 1.66. The van der Waals surface area contributed by atoms with Crippen LogP contribution < -0.4 is 5.43 Å². The van der Waals surface area contributed by atoms with Gasteiger partial charge >= 0.3 is 6.09 Å². The van der Waals surface area contributed by atoms with Crippen LogP contribution >= 0.6 is 0 Å². The van der Waals surface area contributed by atoms with E-state index in [-0.39, 0.29) is 0 Å². The molecule has 122 valence electrons. The minimum atomic E-state index is -1.14. The lowest BCUT2D eigenvalue weighted by Gasteiger charge is -2.36. The molecule has 2 atom stereocenters. The second-order valence-corrected chi connectivity index (χ2v) is 6.06. The molecule has 1 aromatic carbocycles. The average Bonchev–Trinajstić information content (AvgIpc) is 2.67. The lowest BCUT2D eigenvalue weighted by molar-refractivity contribution is -0.216. The van der Waals surface area contributed by atoms with Crippen molar-refractivity contribution in [3.63, 3.8) is 0 Å². The van der Waals surface area contributed by atoms with Crippen molar-refractivity contribution >= 4 is 6.09 Å². The van der Waals surface area contributed by atoms with Crippen molar-refractivity contribution < 1.29 is 19.7 Å². The first kappa shape index (κ1) is 16.7. The number of amides is 1. The van der Waals surface area contributed by atoms with Gasteiger partial charge in [0.1, 0.15) is 5.60 Å². The standard InChI is InChI=1S/C15H23N3O4/c1-5-16-18(14(21)22-15(2,3)4)17-12(19)10-8-6-7-9-11(10)13(17)20/h6-9,12-13,16,19-20H,5H2,1-4H3. The molecule has 1 heterocycles. The zero-order chi connectivity index (χ0) is 16.5. The Labute approximate surface area is 130 Å². The number of hydrogen-bond acceptors (Lipinski definition) is 6. The van der Waals surface area contributed by atoms with Gasteiger partial charge in [0.15, 0.2) is 12.5 Å². The van der Waals surface area contributed by atoms with E-state index in [0.29, 0.717) is 17.7 Å². The smallest absolute Gasteiger partial charge is 0.440 e. The maximum Gasteiger partial charge on any atom is 0.440 e. The van der Waals surface area contributed by atoms with Crippen LogP contribution in [-0.4, -0.2) is 38.6 Å². The first-order chi connectivity index (χ1) is 10.3. The molecule has 3 N–H and O–H groups in total. The Bertz CT molecular complexity index is 515. The Balaban J connectivity index is 2.28. The van der Waals surface area contributed by atoms with Gasteiger partial charge in [-0.3, -0.25) is 0 Å². The highest BCUT2D eigenvalue weighted by atomic mass is 16.6. The fourth-order valence-corrected chi connectivity index (χ4v) is 2.31. The van der Waals surface area contributed by atoms with E-state index in [2.05, 4.69) is 5.43 Å². The highest BCUT2D eigenvalue weighted by Crippen LogP contribution is 2.39. The van der Waals surface area contributed by atoms with Crippen LogP contribution in [0.3, 0.4) is 0 Å². The SMILES string of the molecule is CCNN(C(=O)OC(C)(C)C)N1C(O)c2ccccc2C1O. The number of nitrogens with one attached hydrogen (secondary N) is 1. The van der Waals surface area contributed by atoms with Crippen molar-refractivity contribution in [2.75, 3.05) is 6.54 Å². The van der Waals surface area contributed by atoms with Gasteiger partial charge in [-0.2, -0.15) is 5.12 Å². The number of aliphatic hydroxyl groups excluding tert-OH is 2. The highest BCUT2D eigenvalue weighted by molar-refractivity contribution is 5.67. The van der Waals surface area contributed by atoms with E-state index in [1.54, 1.807) is 52.0 Å². The summed E-state index contributed by atoms with van der Waals surface area (Å²) in [5, 5.41) is 23.0. The summed E-state index contributed by atoms with van der Waals surface area (Å²) in [7, 11) is 0. The van der Waals surface area contributed by atoms with Crippen molar-refractivity contribution in [1.82, 2.24) is 15.6 Å². The van der Waals surface area contributed by atoms with Crippen LogP contribution in [0.2, 0.25) is 0 Å². The molecule has 1 aromatic rings. The van der Waals surface area contributed by atoms with Crippen molar-refractivity contribution in [1.29, 1.82) is 0 Å².